The number of rotatable bonds is 2. The zero-order valence-electron chi connectivity index (χ0n) is 5.95. The van der Waals surface area contributed by atoms with Crippen LogP contribution in [0.4, 0.5) is 0 Å². The Morgan fingerprint density at radius 2 is 2.64 bits per heavy atom. The Balaban J connectivity index is 2.48. The Bertz CT molecular complexity index is 225. The minimum atomic E-state index is -0.463. The zero-order chi connectivity index (χ0) is 8.10. The number of carbonyl (C=O) groups excluding carboxylic acids is 1. The highest BCUT2D eigenvalue weighted by molar-refractivity contribution is 5.82. The highest BCUT2D eigenvalue weighted by Crippen LogP contribution is 2.04. The van der Waals surface area contributed by atoms with Crippen LogP contribution in [-0.2, 0) is 14.3 Å². The van der Waals surface area contributed by atoms with E-state index in [0.717, 1.165) is 6.08 Å². The summed E-state index contributed by atoms with van der Waals surface area (Å²) in [7, 11) is 0. The molecule has 11 heavy (non-hydrogen) atoms. The van der Waals surface area contributed by atoms with Gasteiger partial charge < -0.3 is 9.47 Å². The monoisotopic (exact) mass is 152 g/mol. The van der Waals surface area contributed by atoms with Gasteiger partial charge in [-0.3, -0.25) is 0 Å². The van der Waals surface area contributed by atoms with Crippen LogP contribution in [-0.4, -0.2) is 12.6 Å². The second-order valence-corrected chi connectivity index (χ2v) is 1.90. The third kappa shape index (κ3) is 2.29. The predicted octanol–water partition coefficient (Wildman–Crippen LogP) is 1.14. The lowest BCUT2D eigenvalue weighted by Gasteiger charge is -2.08. The van der Waals surface area contributed by atoms with E-state index < -0.39 is 5.97 Å². The van der Waals surface area contributed by atoms with Crippen LogP contribution in [0, 0.1) is 0 Å². The Labute approximate surface area is 64.6 Å². The number of hydrogen-bond donors (Lipinski definition) is 0. The van der Waals surface area contributed by atoms with Gasteiger partial charge in [-0.15, -0.1) is 0 Å². The lowest BCUT2D eigenvalue weighted by molar-refractivity contribution is -0.134. The molecule has 1 heterocycles. The van der Waals surface area contributed by atoms with Gasteiger partial charge >= 0.3 is 5.97 Å². The summed E-state index contributed by atoms with van der Waals surface area (Å²) in [6.07, 6.45) is 5.98. The molecule has 3 heteroatoms. The fourth-order valence-electron chi connectivity index (χ4n) is 0.615. The van der Waals surface area contributed by atoms with Crippen LogP contribution in [0.15, 0.2) is 36.8 Å². The Morgan fingerprint density at radius 3 is 3.18 bits per heavy atom. The van der Waals surface area contributed by atoms with Crippen molar-refractivity contribution in [1.29, 1.82) is 0 Å². The highest BCUT2D eigenvalue weighted by atomic mass is 16.6. The fourth-order valence-corrected chi connectivity index (χ4v) is 0.615. The molecule has 0 spiro atoms. The van der Waals surface area contributed by atoms with Crippen molar-refractivity contribution in [1.82, 2.24) is 0 Å². The quantitative estimate of drug-likeness (QED) is 0.439. The first-order valence-electron chi connectivity index (χ1n) is 3.14. The standard InChI is InChI=1S/C8H8O3/c1-2-8(9)11-7-4-3-5-10-6-7/h2-5H,1,6H2. The topological polar surface area (TPSA) is 35.5 Å². The fraction of sp³-hybridized carbons (Fsp3) is 0.125. The van der Waals surface area contributed by atoms with Gasteiger partial charge in [0, 0.05) is 6.08 Å². The Morgan fingerprint density at radius 1 is 1.82 bits per heavy atom. The average Bonchev–Trinajstić information content (AvgIpc) is 2.06. The summed E-state index contributed by atoms with van der Waals surface area (Å²) in [6, 6.07) is 0. The van der Waals surface area contributed by atoms with Gasteiger partial charge in [-0.1, -0.05) is 6.58 Å². The second kappa shape index (κ2) is 3.61. The molecule has 0 amide bonds. The summed E-state index contributed by atoms with van der Waals surface area (Å²) >= 11 is 0. The van der Waals surface area contributed by atoms with Gasteiger partial charge in [0.15, 0.2) is 0 Å². The van der Waals surface area contributed by atoms with Gasteiger partial charge in [0.2, 0.25) is 0 Å². The molecular weight excluding hydrogens is 144 g/mol. The normalized spacial score (nSPS) is 14.7. The first kappa shape index (κ1) is 7.60. The molecular formula is C8H8O3. The van der Waals surface area contributed by atoms with Crippen molar-refractivity contribution in [2.75, 3.05) is 6.61 Å². The van der Waals surface area contributed by atoms with Crippen LogP contribution in [0.5, 0.6) is 0 Å². The zero-order valence-corrected chi connectivity index (χ0v) is 5.95. The number of allylic oxidation sites excluding steroid dienone is 2. The maximum absolute atomic E-state index is 10.6. The minimum absolute atomic E-state index is 0.302. The first-order valence-corrected chi connectivity index (χ1v) is 3.14. The molecule has 0 saturated heterocycles. The maximum Gasteiger partial charge on any atom is 0.335 e. The number of hydrogen-bond acceptors (Lipinski definition) is 3. The van der Waals surface area contributed by atoms with Gasteiger partial charge in [-0.2, -0.15) is 0 Å². The van der Waals surface area contributed by atoms with Crippen LogP contribution in [0.1, 0.15) is 0 Å². The van der Waals surface area contributed by atoms with E-state index in [1.54, 1.807) is 12.2 Å². The summed E-state index contributed by atoms with van der Waals surface area (Å²) in [5, 5.41) is 0. The third-order valence-corrected chi connectivity index (χ3v) is 1.08. The smallest absolute Gasteiger partial charge is 0.335 e. The molecule has 0 fully saturated rings. The molecule has 0 radical (unpaired) electrons. The molecule has 0 unspecified atom stereocenters. The molecule has 0 aliphatic carbocycles. The number of ether oxygens (including phenoxy) is 2. The van der Waals surface area contributed by atoms with Crippen LogP contribution >= 0.6 is 0 Å². The summed E-state index contributed by atoms with van der Waals surface area (Å²) < 4.78 is 9.64. The highest BCUT2D eigenvalue weighted by Gasteiger charge is 2.04. The van der Waals surface area contributed by atoms with Gasteiger partial charge in [0.25, 0.3) is 0 Å². The lowest BCUT2D eigenvalue weighted by atomic mass is 10.4. The van der Waals surface area contributed by atoms with E-state index in [2.05, 4.69) is 6.58 Å². The van der Waals surface area contributed by atoms with Crippen molar-refractivity contribution < 1.29 is 14.3 Å². The molecule has 0 bridgehead atoms. The summed E-state index contributed by atoms with van der Waals surface area (Å²) in [5.74, 6) is 0.0348. The Hall–Kier alpha value is -1.51. The van der Waals surface area contributed by atoms with Crippen molar-refractivity contribution in [2.45, 2.75) is 0 Å². The average molecular weight is 152 g/mol. The first-order chi connectivity index (χ1) is 5.33. The van der Waals surface area contributed by atoms with Crippen LogP contribution in [0.2, 0.25) is 0 Å². The van der Waals surface area contributed by atoms with Crippen molar-refractivity contribution in [3.63, 3.8) is 0 Å². The van der Waals surface area contributed by atoms with Crippen molar-refractivity contribution in [2.24, 2.45) is 0 Å². The summed E-state index contributed by atoms with van der Waals surface area (Å²) in [4.78, 5) is 10.6. The van der Waals surface area contributed by atoms with E-state index in [-0.39, 0.29) is 0 Å². The van der Waals surface area contributed by atoms with Crippen molar-refractivity contribution in [3.05, 3.63) is 36.8 Å². The Kier molecular flexibility index (Phi) is 2.49. The van der Waals surface area contributed by atoms with Gasteiger partial charge in [0.05, 0.1) is 6.26 Å². The van der Waals surface area contributed by atoms with E-state index in [0.29, 0.717) is 12.4 Å². The summed E-state index contributed by atoms with van der Waals surface area (Å²) in [6.45, 7) is 3.57. The molecule has 1 rings (SSSR count). The van der Waals surface area contributed by atoms with Crippen LogP contribution in [0.25, 0.3) is 0 Å². The van der Waals surface area contributed by atoms with Crippen LogP contribution < -0.4 is 0 Å². The van der Waals surface area contributed by atoms with E-state index in [1.165, 1.54) is 6.26 Å². The molecule has 0 aromatic rings. The van der Waals surface area contributed by atoms with Crippen molar-refractivity contribution >= 4 is 5.97 Å². The molecule has 0 aromatic carbocycles. The van der Waals surface area contributed by atoms with Gasteiger partial charge in [0.1, 0.15) is 12.4 Å². The lowest BCUT2D eigenvalue weighted by Crippen LogP contribution is -2.06. The van der Waals surface area contributed by atoms with Crippen molar-refractivity contribution in [3.8, 4) is 0 Å². The number of esters is 1. The molecule has 0 N–H and O–H groups in total. The van der Waals surface area contributed by atoms with Gasteiger partial charge in [-0.05, 0) is 12.2 Å². The van der Waals surface area contributed by atoms with E-state index in [4.69, 9.17) is 9.47 Å². The van der Waals surface area contributed by atoms with Gasteiger partial charge in [-0.25, -0.2) is 4.79 Å². The summed E-state index contributed by atoms with van der Waals surface area (Å²) in [5.41, 5.74) is 0. The molecule has 0 atom stereocenters. The third-order valence-electron chi connectivity index (χ3n) is 1.08. The largest absolute Gasteiger partial charge is 0.493 e. The molecule has 1 aliphatic heterocycles. The molecule has 1 aliphatic rings. The van der Waals surface area contributed by atoms with E-state index in [9.17, 15) is 4.79 Å². The minimum Gasteiger partial charge on any atom is -0.493 e. The molecule has 58 valence electrons. The maximum atomic E-state index is 10.6. The molecule has 3 nitrogen and oxygen atoms in total. The van der Waals surface area contributed by atoms with E-state index >= 15 is 0 Å². The number of carbonyl (C=O) groups is 1. The predicted molar refractivity (Wildman–Crippen MR) is 39.5 cm³/mol. The van der Waals surface area contributed by atoms with E-state index in [1.807, 2.05) is 0 Å². The second-order valence-electron chi connectivity index (χ2n) is 1.90. The molecule has 0 aromatic heterocycles. The molecule has 0 saturated carbocycles. The SMILES string of the molecule is C=CC(=O)OC1=CC=COC1. The van der Waals surface area contributed by atoms with Crippen LogP contribution in [0.3, 0.4) is 0 Å².